The van der Waals surface area contributed by atoms with E-state index in [4.69, 9.17) is 14.6 Å². The van der Waals surface area contributed by atoms with Crippen molar-refractivity contribution in [3.8, 4) is 0 Å². The van der Waals surface area contributed by atoms with Crippen molar-refractivity contribution in [2.24, 2.45) is 0 Å². The van der Waals surface area contributed by atoms with Gasteiger partial charge in [0.25, 0.3) is 0 Å². The van der Waals surface area contributed by atoms with Gasteiger partial charge in [-0.25, -0.2) is 0 Å². The van der Waals surface area contributed by atoms with Gasteiger partial charge in [0.1, 0.15) is 12.2 Å². The van der Waals surface area contributed by atoms with Crippen molar-refractivity contribution >= 4 is 0 Å². The van der Waals surface area contributed by atoms with E-state index in [2.05, 4.69) is 0 Å². The summed E-state index contributed by atoms with van der Waals surface area (Å²) in [6.45, 7) is 5.55. The maximum Gasteiger partial charge on any atom is 0.178 e. The fraction of sp³-hybridized carbons (Fsp3) is 0.800. The van der Waals surface area contributed by atoms with Crippen LogP contribution in [-0.2, 0) is 9.47 Å². The molecule has 0 unspecified atom stereocenters. The van der Waals surface area contributed by atoms with Crippen LogP contribution in [0.2, 0.25) is 0 Å². The number of aliphatic hydroxyl groups excluding tert-OH is 2. The van der Waals surface area contributed by atoms with Gasteiger partial charge in [0.15, 0.2) is 6.29 Å². The minimum absolute atomic E-state index is 0.213. The Morgan fingerprint density at radius 2 is 2.00 bits per heavy atom. The molecule has 0 amide bonds. The Labute approximate surface area is 84.1 Å². The molecule has 4 heteroatoms. The van der Waals surface area contributed by atoms with Gasteiger partial charge in [-0.1, -0.05) is 6.08 Å². The smallest absolute Gasteiger partial charge is 0.178 e. The Balaban J connectivity index is 2.54. The van der Waals surface area contributed by atoms with Gasteiger partial charge in [-0.2, -0.15) is 0 Å². The van der Waals surface area contributed by atoms with Crippen LogP contribution in [0.15, 0.2) is 12.2 Å². The summed E-state index contributed by atoms with van der Waals surface area (Å²) in [7, 11) is 0. The Kier molecular flexibility index (Phi) is 3.66. The summed E-state index contributed by atoms with van der Waals surface area (Å²) in [5, 5.41) is 18.3. The number of ether oxygens (including phenoxy) is 2. The number of aliphatic hydroxyl groups is 2. The lowest BCUT2D eigenvalue weighted by molar-refractivity contribution is -0.215. The Bertz CT molecular complexity index is 207. The maximum absolute atomic E-state index is 9.36. The highest BCUT2D eigenvalue weighted by Gasteiger charge is 2.27. The van der Waals surface area contributed by atoms with Crippen LogP contribution in [0, 0.1) is 0 Å². The molecular weight excluding hydrogens is 184 g/mol. The molecule has 0 bridgehead atoms. The fourth-order valence-corrected chi connectivity index (χ4v) is 1.19. The molecule has 4 nitrogen and oxygen atoms in total. The molecule has 14 heavy (non-hydrogen) atoms. The molecule has 1 heterocycles. The van der Waals surface area contributed by atoms with E-state index in [9.17, 15) is 5.11 Å². The summed E-state index contributed by atoms with van der Waals surface area (Å²) in [6, 6.07) is 0. The molecule has 0 radical (unpaired) electrons. The number of hydrogen-bond acceptors (Lipinski definition) is 4. The van der Waals surface area contributed by atoms with Crippen molar-refractivity contribution in [2.45, 2.75) is 44.9 Å². The largest absolute Gasteiger partial charge is 0.394 e. The topological polar surface area (TPSA) is 58.9 Å². The zero-order valence-electron chi connectivity index (χ0n) is 8.80. The van der Waals surface area contributed by atoms with Crippen LogP contribution in [0.1, 0.15) is 20.8 Å². The van der Waals surface area contributed by atoms with Crippen LogP contribution in [0.5, 0.6) is 0 Å². The Hall–Kier alpha value is -0.420. The highest BCUT2D eigenvalue weighted by molar-refractivity contribution is 4.99. The summed E-state index contributed by atoms with van der Waals surface area (Å²) in [5.74, 6) is 0. The van der Waals surface area contributed by atoms with E-state index in [1.807, 2.05) is 20.8 Å². The monoisotopic (exact) mass is 202 g/mol. The molecule has 1 rings (SSSR count). The third kappa shape index (κ3) is 3.38. The van der Waals surface area contributed by atoms with Crippen LogP contribution in [0.3, 0.4) is 0 Å². The predicted molar refractivity (Wildman–Crippen MR) is 51.7 cm³/mol. The van der Waals surface area contributed by atoms with Gasteiger partial charge < -0.3 is 19.7 Å². The molecule has 0 saturated heterocycles. The van der Waals surface area contributed by atoms with E-state index in [1.165, 1.54) is 0 Å². The predicted octanol–water partition coefficient (Wildman–Crippen LogP) is 0.436. The molecule has 0 aromatic rings. The second-order valence-corrected chi connectivity index (χ2v) is 4.33. The molecule has 1 aliphatic rings. The van der Waals surface area contributed by atoms with E-state index in [0.717, 1.165) is 0 Å². The van der Waals surface area contributed by atoms with Crippen molar-refractivity contribution in [1.29, 1.82) is 0 Å². The zero-order valence-corrected chi connectivity index (χ0v) is 8.80. The van der Waals surface area contributed by atoms with Gasteiger partial charge >= 0.3 is 0 Å². The van der Waals surface area contributed by atoms with Crippen molar-refractivity contribution in [3.05, 3.63) is 12.2 Å². The van der Waals surface area contributed by atoms with Crippen molar-refractivity contribution in [1.82, 2.24) is 0 Å². The lowest BCUT2D eigenvalue weighted by Crippen LogP contribution is -2.41. The van der Waals surface area contributed by atoms with Gasteiger partial charge in [0.2, 0.25) is 0 Å². The Morgan fingerprint density at radius 1 is 1.36 bits per heavy atom. The van der Waals surface area contributed by atoms with Crippen LogP contribution in [-0.4, -0.2) is 40.9 Å². The highest BCUT2D eigenvalue weighted by atomic mass is 16.7. The van der Waals surface area contributed by atoms with Crippen molar-refractivity contribution in [3.63, 3.8) is 0 Å². The average molecular weight is 202 g/mol. The summed E-state index contributed by atoms with van der Waals surface area (Å²) in [5.41, 5.74) is -0.308. The lowest BCUT2D eigenvalue weighted by atomic mass is 10.1. The molecular formula is C10H18O4. The molecule has 0 fully saturated rings. The molecule has 0 aromatic heterocycles. The van der Waals surface area contributed by atoms with E-state index < -0.39 is 18.5 Å². The standard InChI is InChI=1S/C10H18O4/c1-10(2,3)14-9-5-4-7(12)8(6-11)13-9/h4-5,7-9,11-12H,6H2,1-3H3/t7-,8+,9-/m0/s1. The van der Waals surface area contributed by atoms with Crippen molar-refractivity contribution < 1.29 is 19.7 Å². The SMILES string of the molecule is CC(C)(C)O[C@H]1C=C[C@H](O)[C@@H](CO)O1. The maximum atomic E-state index is 9.36. The van der Waals surface area contributed by atoms with Crippen molar-refractivity contribution in [2.75, 3.05) is 6.61 Å². The summed E-state index contributed by atoms with van der Waals surface area (Å²) in [6.07, 6.45) is 1.41. The number of hydrogen-bond donors (Lipinski definition) is 2. The fourth-order valence-electron chi connectivity index (χ4n) is 1.19. The first-order chi connectivity index (χ1) is 6.42. The second kappa shape index (κ2) is 4.40. The second-order valence-electron chi connectivity index (χ2n) is 4.33. The van der Waals surface area contributed by atoms with Gasteiger partial charge in [-0.15, -0.1) is 0 Å². The van der Waals surface area contributed by atoms with E-state index in [1.54, 1.807) is 12.2 Å². The highest BCUT2D eigenvalue weighted by Crippen LogP contribution is 2.19. The third-order valence-corrected chi connectivity index (χ3v) is 1.80. The first kappa shape index (κ1) is 11.7. The molecule has 0 aliphatic carbocycles. The van der Waals surface area contributed by atoms with E-state index in [0.29, 0.717) is 0 Å². The molecule has 0 aromatic carbocycles. The molecule has 0 spiro atoms. The van der Waals surface area contributed by atoms with Crippen LogP contribution in [0.4, 0.5) is 0 Å². The summed E-state index contributed by atoms with van der Waals surface area (Å²) < 4.78 is 10.8. The molecule has 82 valence electrons. The molecule has 3 atom stereocenters. The lowest BCUT2D eigenvalue weighted by Gasteiger charge is -2.32. The van der Waals surface area contributed by atoms with E-state index >= 15 is 0 Å². The van der Waals surface area contributed by atoms with Crippen LogP contribution >= 0.6 is 0 Å². The van der Waals surface area contributed by atoms with Gasteiger partial charge in [-0.05, 0) is 26.8 Å². The molecule has 2 N–H and O–H groups in total. The first-order valence-corrected chi connectivity index (χ1v) is 4.73. The Morgan fingerprint density at radius 3 is 2.50 bits per heavy atom. The normalized spacial score (nSPS) is 33.4. The molecule has 0 saturated carbocycles. The van der Waals surface area contributed by atoms with Gasteiger partial charge in [0.05, 0.1) is 12.2 Å². The van der Waals surface area contributed by atoms with Gasteiger partial charge in [0, 0.05) is 0 Å². The minimum atomic E-state index is -0.750. The summed E-state index contributed by atoms with van der Waals surface area (Å²) in [4.78, 5) is 0. The zero-order chi connectivity index (χ0) is 10.8. The molecule has 1 aliphatic heterocycles. The quantitative estimate of drug-likeness (QED) is 0.638. The number of rotatable bonds is 2. The van der Waals surface area contributed by atoms with Crippen LogP contribution < -0.4 is 0 Å². The van der Waals surface area contributed by atoms with Crippen LogP contribution in [0.25, 0.3) is 0 Å². The summed E-state index contributed by atoms with van der Waals surface area (Å²) >= 11 is 0. The third-order valence-electron chi connectivity index (χ3n) is 1.80. The minimum Gasteiger partial charge on any atom is -0.394 e. The van der Waals surface area contributed by atoms with Gasteiger partial charge in [-0.3, -0.25) is 0 Å². The average Bonchev–Trinajstić information content (AvgIpc) is 2.06. The van der Waals surface area contributed by atoms with E-state index in [-0.39, 0.29) is 12.2 Å². The first-order valence-electron chi connectivity index (χ1n) is 4.73.